The second-order valence-corrected chi connectivity index (χ2v) is 6.34. The summed E-state index contributed by atoms with van der Waals surface area (Å²) in [5.74, 6) is 0.898. The smallest absolute Gasteiger partial charge is 0.338 e. The van der Waals surface area contributed by atoms with Gasteiger partial charge in [0.25, 0.3) is 5.56 Å². The fourth-order valence-electron chi connectivity index (χ4n) is 2.40. The highest BCUT2D eigenvalue weighted by Gasteiger charge is 2.22. The molecule has 1 aromatic carbocycles. The van der Waals surface area contributed by atoms with E-state index < -0.39 is 0 Å². The van der Waals surface area contributed by atoms with Crippen LogP contribution in [0.25, 0.3) is 0 Å². The number of ether oxygens (including phenoxy) is 2. The number of hydrogen-bond acceptors (Lipinski definition) is 5. The lowest BCUT2D eigenvalue weighted by Crippen LogP contribution is -2.19. The van der Waals surface area contributed by atoms with Gasteiger partial charge < -0.3 is 14.5 Å². The van der Waals surface area contributed by atoms with E-state index in [9.17, 15) is 9.59 Å². The summed E-state index contributed by atoms with van der Waals surface area (Å²) in [5.41, 5.74) is 1.38. The van der Waals surface area contributed by atoms with Crippen LogP contribution in [0.4, 0.5) is 0 Å². The van der Waals surface area contributed by atoms with Crippen LogP contribution in [0, 0.1) is 10.7 Å². The Morgan fingerprint density at radius 3 is 2.96 bits per heavy atom. The maximum absolute atomic E-state index is 12.2. The Morgan fingerprint density at radius 1 is 1.42 bits per heavy atom. The van der Waals surface area contributed by atoms with Crippen molar-refractivity contribution in [2.24, 2.45) is 5.92 Å². The van der Waals surface area contributed by atoms with Gasteiger partial charge in [-0.3, -0.25) is 9.78 Å². The first-order valence-corrected chi connectivity index (χ1v) is 8.22. The summed E-state index contributed by atoms with van der Waals surface area (Å²) in [6.45, 7) is 4.47. The Kier molecular flexibility index (Phi) is 4.53. The third-order valence-corrected chi connectivity index (χ3v) is 4.28. The van der Waals surface area contributed by atoms with Crippen LogP contribution in [0.1, 0.15) is 41.8 Å². The van der Waals surface area contributed by atoms with E-state index >= 15 is 0 Å². The van der Waals surface area contributed by atoms with E-state index in [4.69, 9.17) is 21.7 Å². The number of fused-ring (bicyclic) bond motifs is 2. The van der Waals surface area contributed by atoms with Gasteiger partial charge in [-0.05, 0) is 36.3 Å². The summed E-state index contributed by atoms with van der Waals surface area (Å²) in [5, 5.41) is 0. The van der Waals surface area contributed by atoms with E-state index in [0.29, 0.717) is 41.7 Å². The standard InChI is InChI=1S/C17H18N2O4S/c1-3-9(2)8-22-16(21)10-4-5-13-11(6-10)7-12-14(20)18-17(24)19-15(12)23-13/h4-6,9H,3,7-8H2,1-2H3,(H2,18,19,20,24). The average molecular weight is 346 g/mol. The lowest BCUT2D eigenvalue weighted by molar-refractivity contribution is 0.0447. The van der Waals surface area contributed by atoms with Gasteiger partial charge in [0.05, 0.1) is 17.7 Å². The summed E-state index contributed by atoms with van der Waals surface area (Å²) in [6.07, 6.45) is 1.31. The second kappa shape index (κ2) is 6.60. The highest BCUT2D eigenvalue weighted by molar-refractivity contribution is 7.71. The molecular weight excluding hydrogens is 328 g/mol. The van der Waals surface area contributed by atoms with Crippen LogP contribution < -0.4 is 10.3 Å². The molecule has 24 heavy (non-hydrogen) atoms. The van der Waals surface area contributed by atoms with Crippen molar-refractivity contribution in [2.75, 3.05) is 6.61 Å². The Balaban J connectivity index is 1.84. The molecule has 2 heterocycles. The topological polar surface area (TPSA) is 84.2 Å². The van der Waals surface area contributed by atoms with Crippen molar-refractivity contribution in [3.8, 4) is 11.6 Å². The van der Waals surface area contributed by atoms with E-state index in [1.165, 1.54) is 0 Å². The van der Waals surface area contributed by atoms with Crippen LogP contribution >= 0.6 is 12.2 Å². The van der Waals surface area contributed by atoms with Crippen LogP contribution in [0.3, 0.4) is 0 Å². The molecule has 2 aromatic rings. The van der Waals surface area contributed by atoms with Crippen molar-refractivity contribution in [2.45, 2.75) is 26.7 Å². The van der Waals surface area contributed by atoms with Gasteiger partial charge in [-0.15, -0.1) is 0 Å². The van der Waals surface area contributed by atoms with Gasteiger partial charge in [0.15, 0.2) is 4.77 Å². The highest BCUT2D eigenvalue weighted by atomic mass is 32.1. The van der Waals surface area contributed by atoms with E-state index in [1.54, 1.807) is 18.2 Å². The van der Waals surface area contributed by atoms with Crippen LogP contribution in [0.2, 0.25) is 0 Å². The highest BCUT2D eigenvalue weighted by Crippen LogP contribution is 2.33. The number of carbonyl (C=O) groups is 1. The molecule has 0 fully saturated rings. The predicted octanol–water partition coefficient (Wildman–Crippen LogP) is 3.33. The summed E-state index contributed by atoms with van der Waals surface area (Å²) in [6, 6.07) is 5.07. The van der Waals surface area contributed by atoms with Crippen molar-refractivity contribution in [3.05, 3.63) is 50.0 Å². The first-order chi connectivity index (χ1) is 11.5. The van der Waals surface area contributed by atoms with Gasteiger partial charge >= 0.3 is 5.97 Å². The monoisotopic (exact) mass is 346 g/mol. The van der Waals surface area contributed by atoms with Gasteiger partial charge in [0, 0.05) is 12.0 Å². The molecule has 0 aliphatic carbocycles. The maximum atomic E-state index is 12.2. The third-order valence-electron chi connectivity index (χ3n) is 4.07. The van der Waals surface area contributed by atoms with Crippen molar-refractivity contribution >= 4 is 18.2 Å². The van der Waals surface area contributed by atoms with Gasteiger partial charge in [-0.1, -0.05) is 20.3 Å². The number of benzene rings is 1. The van der Waals surface area contributed by atoms with Gasteiger partial charge in [0.1, 0.15) is 5.75 Å². The molecule has 6 nitrogen and oxygen atoms in total. The van der Waals surface area contributed by atoms with Crippen LogP contribution in [-0.4, -0.2) is 22.5 Å². The molecule has 2 N–H and O–H groups in total. The maximum Gasteiger partial charge on any atom is 0.338 e. The first-order valence-electron chi connectivity index (χ1n) is 7.81. The number of H-pyrrole nitrogens is 2. The zero-order valence-electron chi connectivity index (χ0n) is 13.5. The molecule has 1 aliphatic rings. The van der Waals surface area contributed by atoms with Crippen LogP contribution in [-0.2, 0) is 11.2 Å². The van der Waals surface area contributed by atoms with Crippen LogP contribution in [0.15, 0.2) is 23.0 Å². The molecule has 1 aromatic heterocycles. The molecule has 126 valence electrons. The van der Waals surface area contributed by atoms with Gasteiger partial charge in [0.2, 0.25) is 5.88 Å². The molecule has 0 spiro atoms. The number of rotatable bonds is 4. The van der Waals surface area contributed by atoms with Crippen molar-refractivity contribution in [1.29, 1.82) is 0 Å². The molecule has 3 rings (SSSR count). The molecule has 1 aliphatic heterocycles. The minimum Gasteiger partial charge on any atom is -0.462 e. The SMILES string of the molecule is CCC(C)COC(=O)c1ccc2c(c1)Cc1c([nH]c(=S)[nH]c1=O)O2. The molecule has 0 saturated carbocycles. The molecule has 0 saturated heterocycles. The molecule has 0 radical (unpaired) electrons. The summed E-state index contributed by atoms with van der Waals surface area (Å²) in [7, 11) is 0. The number of nitrogens with one attached hydrogen (secondary N) is 2. The Bertz CT molecular complexity index is 900. The van der Waals surface area contributed by atoms with E-state index in [-0.39, 0.29) is 16.3 Å². The number of aromatic nitrogens is 2. The van der Waals surface area contributed by atoms with E-state index in [2.05, 4.69) is 16.9 Å². The van der Waals surface area contributed by atoms with E-state index in [1.807, 2.05) is 6.92 Å². The Morgan fingerprint density at radius 2 is 2.21 bits per heavy atom. The van der Waals surface area contributed by atoms with Crippen molar-refractivity contribution < 1.29 is 14.3 Å². The quantitative estimate of drug-likeness (QED) is 0.559. The number of hydrogen-bond donors (Lipinski definition) is 2. The molecular formula is C17H18N2O4S. The van der Waals surface area contributed by atoms with E-state index in [0.717, 1.165) is 12.0 Å². The molecule has 0 bridgehead atoms. The normalized spacial score (nSPS) is 13.4. The predicted molar refractivity (Wildman–Crippen MR) is 91.3 cm³/mol. The van der Waals surface area contributed by atoms with Gasteiger partial charge in [-0.2, -0.15) is 0 Å². The minimum atomic E-state index is -0.370. The van der Waals surface area contributed by atoms with Crippen LogP contribution in [0.5, 0.6) is 11.6 Å². The fourth-order valence-corrected chi connectivity index (χ4v) is 2.59. The number of esters is 1. The molecule has 0 amide bonds. The van der Waals surface area contributed by atoms with Gasteiger partial charge in [-0.25, -0.2) is 4.79 Å². The zero-order chi connectivity index (χ0) is 17.3. The number of carbonyl (C=O) groups excluding carboxylic acids is 1. The second-order valence-electron chi connectivity index (χ2n) is 5.93. The lowest BCUT2D eigenvalue weighted by Gasteiger charge is -2.19. The minimum absolute atomic E-state index is 0.215. The zero-order valence-corrected chi connectivity index (χ0v) is 14.3. The van der Waals surface area contributed by atoms with Crippen molar-refractivity contribution in [1.82, 2.24) is 9.97 Å². The molecule has 1 atom stereocenters. The largest absolute Gasteiger partial charge is 0.462 e. The summed E-state index contributed by atoms with van der Waals surface area (Å²) < 4.78 is 11.2. The fraction of sp³-hybridized carbons (Fsp3) is 0.353. The third kappa shape index (κ3) is 3.26. The lowest BCUT2D eigenvalue weighted by atomic mass is 10.0. The summed E-state index contributed by atoms with van der Waals surface area (Å²) in [4.78, 5) is 29.5. The molecule has 7 heteroatoms. The first kappa shape index (κ1) is 16.4. The average Bonchev–Trinajstić information content (AvgIpc) is 2.57. The Labute approximate surface area is 143 Å². The molecule has 1 unspecified atom stereocenters. The Hall–Kier alpha value is -2.41. The summed E-state index contributed by atoms with van der Waals surface area (Å²) >= 11 is 4.95. The van der Waals surface area contributed by atoms with Crippen molar-refractivity contribution in [3.63, 3.8) is 0 Å². The number of aromatic amines is 2.